The van der Waals surface area contributed by atoms with Gasteiger partial charge in [-0.1, -0.05) is 35.0 Å². The first-order valence-corrected chi connectivity index (χ1v) is 7.24. The summed E-state index contributed by atoms with van der Waals surface area (Å²) in [5.74, 6) is 0.245. The van der Waals surface area contributed by atoms with Crippen molar-refractivity contribution in [2.45, 2.75) is 20.3 Å². The molecular weight excluding hydrogens is 320 g/mol. The first-order valence-electron chi connectivity index (χ1n) is 6.44. The summed E-state index contributed by atoms with van der Waals surface area (Å²) in [6.45, 7) is 4.08. The summed E-state index contributed by atoms with van der Waals surface area (Å²) in [6.07, 6.45) is 2.20. The van der Waals surface area contributed by atoms with Crippen molar-refractivity contribution in [3.63, 3.8) is 0 Å². The zero-order valence-electron chi connectivity index (χ0n) is 11.4. The van der Waals surface area contributed by atoms with Crippen molar-refractivity contribution in [1.82, 2.24) is 9.97 Å². The molecule has 1 aromatic carbocycles. The molecule has 0 atom stereocenters. The summed E-state index contributed by atoms with van der Waals surface area (Å²) >= 11 is 3.39. The van der Waals surface area contributed by atoms with Gasteiger partial charge in [0.1, 0.15) is 0 Å². The predicted molar refractivity (Wildman–Crippen MR) is 80.5 cm³/mol. The van der Waals surface area contributed by atoms with E-state index < -0.39 is 0 Å². The van der Waals surface area contributed by atoms with E-state index in [2.05, 4.69) is 25.9 Å². The molecule has 0 aliphatic carbocycles. The average Bonchev–Trinajstić information content (AvgIpc) is 2.47. The highest BCUT2D eigenvalue weighted by Gasteiger charge is 2.15. The van der Waals surface area contributed by atoms with Gasteiger partial charge in [0, 0.05) is 16.2 Å². The largest absolute Gasteiger partial charge is 0.462 e. The van der Waals surface area contributed by atoms with E-state index in [-0.39, 0.29) is 5.97 Å². The Kier molecular flexibility index (Phi) is 4.84. The van der Waals surface area contributed by atoms with E-state index in [9.17, 15) is 4.79 Å². The van der Waals surface area contributed by atoms with Gasteiger partial charge in [-0.25, -0.2) is 14.8 Å². The minimum atomic E-state index is -0.369. The van der Waals surface area contributed by atoms with Crippen LogP contribution in [0.1, 0.15) is 29.9 Å². The van der Waals surface area contributed by atoms with E-state index in [4.69, 9.17) is 4.74 Å². The second kappa shape index (κ2) is 6.61. The number of rotatable bonds is 4. The molecular formula is C15H15BrN2O2. The van der Waals surface area contributed by atoms with Gasteiger partial charge in [-0.05, 0) is 25.5 Å². The molecule has 0 N–H and O–H groups in total. The SMILES string of the molecule is CCOC(=O)c1cnc(-c2ccc(Br)cc2)nc1CC. The lowest BCUT2D eigenvalue weighted by Gasteiger charge is -2.08. The number of nitrogens with zero attached hydrogens (tertiary/aromatic N) is 2. The molecule has 20 heavy (non-hydrogen) atoms. The van der Waals surface area contributed by atoms with Gasteiger partial charge in [0.25, 0.3) is 0 Å². The number of ether oxygens (including phenoxy) is 1. The fraction of sp³-hybridized carbons (Fsp3) is 0.267. The number of aromatic nitrogens is 2. The van der Waals surface area contributed by atoms with Crippen molar-refractivity contribution in [1.29, 1.82) is 0 Å². The maximum Gasteiger partial charge on any atom is 0.341 e. The number of aryl methyl sites for hydroxylation is 1. The molecule has 0 saturated heterocycles. The van der Waals surface area contributed by atoms with Crippen molar-refractivity contribution in [3.8, 4) is 11.4 Å². The highest BCUT2D eigenvalue weighted by atomic mass is 79.9. The maximum atomic E-state index is 11.8. The lowest BCUT2D eigenvalue weighted by molar-refractivity contribution is 0.0524. The smallest absolute Gasteiger partial charge is 0.341 e. The third kappa shape index (κ3) is 3.22. The summed E-state index contributed by atoms with van der Waals surface area (Å²) < 4.78 is 6.01. The van der Waals surface area contributed by atoms with Crippen LogP contribution in [0.15, 0.2) is 34.9 Å². The molecule has 1 heterocycles. The van der Waals surface area contributed by atoms with Crippen molar-refractivity contribution in [3.05, 3.63) is 46.2 Å². The Morgan fingerprint density at radius 3 is 2.55 bits per heavy atom. The fourth-order valence-electron chi connectivity index (χ4n) is 1.80. The lowest BCUT2D eigenvalue weighted by atomic mass is 10.1. The number of hydrogen-bond acceptors (Lipinski definition) is 4. The monoisotopic (exact) mass is 334 g/mol. The Hall–Kier alpha value is -1.75. The zero-order chi connectivity index (χ0) is 14.5. The van der Waals surface area contributed by atoms with Crippen molar-refractivity contribution < 1.29 is 9.53 Å². The molecule has 104 valence electrons. The Balaban J connectivity index is 2.38. The number of esters is 1. The Morgan fingerprint density at radius 1 is 1.25 bits per heavy atom. The molecule has 0 amide bonds. The Bertz CT molecular complexity index is 612. The number of benzene rings is 1. The summed E-state index contributed by atoms with van der Waals surface area (Å²) in [5, 5.41) is 0. The Labute approximate surface area is 126 Å². The fourth-order valence-corrected chi connectivity index (χ4v) is 2.07. The van der Waals surface area contributed by atoms with Crippen LogP contribution < -0.4 is 0 Å². The number of halogens is 1. The molecule has 0 aliphatic heterocycles. The zero-order valence-corrected chi connectivity index (χ0v) is 13.0. The first-order chi connectivity index (χ1) is 9.65. The van der Waals surface area contributed by atoms with E-state index >= 15 is 0 Å². The second-order valence-corrected chi connectivity index (χ2v) is 5.05. The van der Waals surface area contributed by atoms with Gasteiger partial charge in [0.05, 0.1) is 17.9 Å². The summed E-state index contributed by atoms with van der Waals surface area (Å²) in [6, 6.07) is 7.74. The highest BCUT2D eigenvalue weighted by Crippen LogP contribution is 2.20. The van der Waals surface area contributed by atoms with Gasteiger partial charge < -0.3 is 4.74 Å². The van der Waals surface area contributed by atoms with Gasteiger partial charge >= 0.3 is 5.97 Å². The number of carbonyl (C=O) groups is 1. The van der Waals surface area contributed by atoms with Crippen LogP contribution in [0.2, 0.25) is 0 Å². The molecule has 2 rings (SSSR count). The molecule has 2 aromatic rings. The first kappa shape index (κ1) is 14.7. The van der Waals surface area contributed by atoms with Crippen LogP contribution in [-0.4, -0.2) is 22.5 Å². The molecule has 4 nitrogen and oxygen atoms in total. The highest BCUT2D eigenvalue weighted by molar-refractivity contribution is 9.10. The summed E-state index contributed by atoms with van der Waals surface area (Å²) in [5.41, 5.74) is 2.06. The van der Waals surface area contributed by atoms with Crippen LogP contribution in [0, 0.1) is 0 Å². The minimum absolute atomic E-state index is 0.344. The number of carbonyl (C=O) groups excluding carboxylic acids is 1. The standard InChI is InChI=1S/C15H15BrN2O2/c1-3-13-12(15(19)20-4-2)9-17-14(18-13)10-5-7-11(16)8-6-10/h5-9H,3-4H2,1-2H3. The summed E-state index contributed by atoms with van der Waals surface area (Å²) in [4.78, 5) is 20.5. The molecule has 5 heteroatoms. The van der Waals surface area contributed by atoms with Crippen LogP contribution in [0.4, 0.5) is 0 Å². The normalized spacial score (nSPS) is 10.3. The molecule has 0 aliphatic rings. The van der Waals surface area contributed by atoms with Gasteiger partial charge in [-0.2, -0.15) is 0 Å². The molecule has 0 spiro atoms. The van der Waals surface area contributed by atoms with E-state index in [1.807, 2.05) is 31.2 Å². The van der Waals surface area contributed by atoms with Crippen LogP contribution in [0.5, 0.6) is 0 Å². The molecule has 0 radical (unpaired) electrons. The maximum absolute atomic E-state index is 11.8. The van der Waals surface area contributed by atoms with E-state index in [1.165, 1.54) is 0 Å². The molecule has 0 bridgehead atoms. The average molecular weight is 335 g/mol. The van der Waals surface area contributed by atoms with Crippen LogP contribution in [-0.2, 0) is 11.2 Å². The lowest BCUT2D eigenvalue weighted by Crippen LogP contribution is -2.11. The third-order valence-electron chi connectivity index (χ3n) is 2.80. The molecule has 1 aromatic heterocycles. The number of hydrogen-bond donors (Lipinski definition) is 0. The van der Waals surface area contributed by atoms with Crippen molar-refractivity contribution in [2.24, 2.45) is 0 Å². The quantitative estimate of drug-likeness (QED) is 0.801. The van der Waals surface area contributed by atoms with Gasteiger partial charge in [-0.15, -0.1) is 0 Å². The van der Waals surface area contributed by atoms with Crippen LogP contribution in [0.25, 0.3) is 11.4 Å². The summed E-state index contributed by atoms with van der Waals surface area (Å²) in [7, 11) is 0. The van der Waals surface area contributed by atoms with Crippen molar-refractivity contribution >= 4 is 21.9 Å². The van der Waals surface area contributed by atoms with Gasteiger partial charge in [-0.3, -0.25) is 0 Å². The molecule has 0 unspecified atom stereocenters. The molecule has 0 saturated carbocycles. The van der Waals surface area contributed by atoms with E-state index in [0.717, 1.165) is 10.0 Å². The Morgan fingerprint density at radius 2 is 1.95 bits per heavy atom. The topological polar surface area (TPSA) is 52.1 Å². The minimum Gasteiger partial charge on any atom is -0.462 e. The third-order valence-corrected chi connectivity index (χ3v) is 3.33. The van der Waals surface area contributed by atoms with Crippen LogP contribution >= 0.6 is 15.9 Å². The van der Waals surface area contributed by atoms with E-state index in [1.54, 1.807) is 13.1 Å². The van der Waals surface area contributed by atoms with Gasteiger partial charge in [0.2, 0.25) is 0 Å². The van der Waals surface area contributed by atoms with Crippen molar-refractivity contribution in [2.75, 3.05) is 6.61 Å². The predicted octanol–water partition coefficient (Wildman–Crippen LogP) is 3.65. The van der Waals surface area contributed by atoms with Gasteiger partial charge in [0.15, 0.2) is 5.82 Å². The second-order valence-electron chi connectivity index (χ2n) is 4.13. The van der Waals surface area contributed by atoms with Crippen LogP contribution in [0.3, 0.4) is 0 Å². The van der Waals surface area contributed by atoms with E-state index in [0.29, 0.717) is 30.1 Å². The molecule has 0 fully saturated rings.